The Balaban J connectivity index is 1.94. The molecular weight excluding hydrogens is 228 g/mol. The molecule has 0 aromatic rings. The van der Waals surface area contributed by atoms with Gasteiger partial charge in [0.1, 0.15) is 0 Å². The molecule has 1 saturated heterocycles. The Hall–Kier alpha value is -1.32. The Kier molecular flexibility index (Phi) is 4.39. The minimum Gasteiger partial charge on any atom is -0.352 e. The summed E-state index contributed by atoms with van der Waals surface area (Å²) in [5, 5.41) is 5.70. The summed E-state index contributed by atoms with van der Waals surface area (Å²) in [6.45, 7) is 2.87. The summed E-state index contributed by atoms with van der Waals surface area (Å²) >= 11 is 0. The van der Waals surface area contributed by atoms with Gasteiger partial charge in [0.25, 0.3) is 0 Å². The fraction of sp³-hybridized carbons (Fsp3) is 0.714. The molecule has 4 nitrogen and oxygen atoms in total. The second-order valence-corrected chi connectivity index (χ2v) is 5.31. The van der Waals surface area contributed by atoms with Crippen molar-refractivity contribution < 1.29 is 9.59 Å². The quantitative estimate of drug-likeness (QED) is 0.730. The van der Waals surface area contributed by atoms with Gasteiger partial charge >= 0.3 is 0 Å². The van der Waals surface area contributed by atoms with Crippen LogP contribution in [0, 0.1) is 11.8 Å². The monoisotopic (exact) mass is 250 g/mol. The van der Waals surface area contributed by atoms with E-state index in [2.05, 4.69) is 17.6 Å². The average molecular weight is 250 g/mol. The molecule has 2 amide bonds. The minimum atomic E-state index is -0.0896. The first-order chi connectivity index (χ1) is 8.70. The SMILES string of the molecule is CCCCCC[C@@H]1CC(=O)NC2=CC(=O)NC[C@H]21. The van der Waals surface area contributed by atoms with E-state index in [-0.39, 0.29) is 11.8 Å². The van der Waals surface area contributed by atoms with Crippen molar-refractivity contribution in [3.8, 4) is 0 Å². The molecule has 100 valence electrons. The van der Waals surface area contributed by atoms with Gasteiger partial charge in [-0.15, -0.1) is 0 Å². The van der Waals surface area contributed by atoms with Gasteiger partial charge in [-0.05, 0) is 12.3 Å². The molecule has 0 bridgehead atoms. The highest BCUT2D eigenvalue weighted by molar-refractivity contribution is 5.91. The second kappa shape index (κ2) is 6.03. The van der Waals surface area contributed by atoms with Crippen LogP contribution >= 0.6 is 0 Å². The molecule has 0 aromatic heterocycles. The first-order valence-electron chi connectivity index (χ1n) is 7.00. The Morgan fingerprint density at radius 1 is 1.28 bits per heavy atom. The number of hydrogen-bond donors (Lipinski definition) is 2. The number of carbonyl (C=O) groups excluding carboxylic acids is 2. The fourth-order valence-electron chi connectivity index (χ4n) is 2.90. The summed E-state index contributed by atoms with van der Waals surface area (Å²) in [6, 6.07) is 0. The van der Waals surface area contributed by atoms with Crippen LogP contribution in [0.2, 0.25) is 0 Å². The van der Waals surface area contributed by atoms with Crippen LogP contribution in [0.5, 0.6) is 0 Å². The topological polar surface area (TPSA) is 58.2 Å². The molecule has 0 unspecified atom stereocenters. The molecule has 0 saturated carbocycles. The highest BCUT2D eigenvalue weighted by Gasteiger charge is 2.34. The first kappa shape index (κ1) is 13.1. The Labute approximate surface area is 108 Å². The van der Waals surface area contributed by atoms with Gasteiger partial charge < -0.3 is 10.6 Å². The Morgan fingerprint density at radius 2 is 2.11 bits per heavy atom. The lowest BCUT2D eigenvalue weighted by Crippen LogP contribution is -2.47. The predicted octanol–water partition coefficient (Wildman–Crippen LogP) is 1.72. The van der Waals surface area contributed by atoms with Gasteiger partial charge in [-0.3, -0.25) is 9.59 Å². The van der Waals surface area contributed by atoms with E-state index in [1.807, 2.05) is 0 Å². The molecule has 18 heavy (non-hydrogen) atoms. The van der Waals surface area contributed by atoms with Gasteiger partial charge in [-0.2, -0.15) is 0 Å². The number of carbonyl (C=O) groups is 2. The molecular formula is C14H22N2O2. The summed E-state index contributed by atoms with van der Waals surface area (Å²) in [7, 11) is 0. The molecule has 2 N–H and O–H groups in total. The van der Waals surface area contributed by atoms with Gasteiger partial charge in [0, 0.05) is 30.7 Å². The number of unbranched alkanes of at least 4 members (excludes halogenated alkanes) is 3. The Morgan fingerprint density at radius 3 is 2.89 bits per heavy atom. The maximum atomic E-state index is 11.6. The minimum absolute atomic E-state index is 0.0627. The normalized spacial score (nSPS) is 27.1. The maximum absolute atomic E-state index is 11.6. The van der Waals surface area contributed by atoms with Crippen LogP contribution in [0.4, 0.5) is 0 Å². The molecule has 2 heterocycles. The third kappa shape index (κ3) is 3.12. The van der Waals surface area contributed by atoms with Gasteiger partial charge in [-0.1, -0.05) is 32.6 Å². The van der Waals surface area contributed by atoms with Crippen molar-refractivity contribution in [1.82, 2.24) is 10.6 Å². The van der Waals surface area contributed by atoms with Crippen molar-refractivity contribution in [2.24, 2.45) is 11.8 Å². The highest BCUT2D eigenvalue weighted by atomic mass is 16.2. The van der Waals surface area contributed by atoms with Crippen LogP contribution in [0.3, 0.4) is 0 Å². The fourth-order valence-corrected chi connectivity index (χ4v) is 2.90. The van der Waals surface area contributed by atoms with E-state index in [0.717, 1.165) is 12.1 Å². The number of fused-ring (bicyclic) bond motifs is 1. The van der Waals surface area contributed by atoms with Gasteiger partial charge in [0.15, 0.2) is 0 Å². The van der Waals surface area contributed by atoms with Crippen molar-refractivity contribution in [3.05, 3.63) is 11.8 Å². The van der Waals surface area contributed by atoms with Crippen molar-refractivity contribution in [2.75, 3.05) is 6.54 Å². The number of nitrogens with one attached hydrogen (secondary N) is 2. The lowest BCUT2D eigenvalue weighted by Gasteiger charge is -2.36. The van der Waals surface area contributed by atoms with Crippen LogP contribution in [0.15, 0.2) is 11.8 Å². The number of amides is 2. The molecule has 0 aliphatic carbocycles. The number of piperidine rings is 1. The molecule has 4 heteroatoms. The van der Waals surface area contributed by atoms with Gasteiger partial charge in [0.05, 0.1) is 0 Å². The van der Waals surface area contributed by atoms with Crippen molar-refractivity contribution in [3.63, 3.8) is 0 Å². The largest absolute Gasteiger partial charge is 0.352 e. The summed E-state index contributed by atoms with van der Waals surface area (Å²) in [4.78, 5) is 22.9. The number of rotatable bonds is 5. The summed E-state index contributed by atoms with van der Waals surface area (Å²) in [6.07, 6.45) is 8.16. The number of hydrogen-bond acceptors (Lipinski definition) is 2. The van der Waals surface area contributed by atoms with Crippen molar-refractivity contribution in [1.29, 1.82) is 0 Å². The smallest absolute Gasteiger partial charge is 0.245 e. The predicted molar refractivity (Wildman–Crippen MR) is 69.6 cm³/mol. The van der Waals surface area contributed by atoms with Crippen molar-refractivity contribution in [2.45, 2.75) is 45.4 Å². The van der Waals surface area contributed by atoms with Crippen LogP contribution in [0.25, 0.3) is 0 Å². The second-order valence-electron chi connectivity index (χ2n) is 5.31. The summed E-state index contributed by atoms with van der Waals surface area (Å²) < 4.78 is 0. The molecule has 1 fully saturated rings. The molecule has 2 aliphatic heterocycles. The summed E-state index contributed by atoms with van der Waals surface area (Å²) in [5.41, 5.74) is 0.829. The molecule has 0 aromatic carbocycles. The molecule has 0 spiro atoms. The standard InChI is InChI=1S/C14H22N2O2/c1-2-3-4-5-6-10-7-14(18)16-12-8-13(17)15-9-11(10)12/h8,10-11H,2-7,9H2,1H3,(H,15,17)(H,16,18)/t10-,11+/m1/s1. The van der Waals surface area contributed by atoms with Crippen LogP contribution in [-0.4, -0.2) is 18.4 Å². The van der Waals surface area contributed by atoms with Crippen LogP contribution in [0.1, 0.15) is 45.4 Å². The van der Waals surface area contributed by atoms with E-state index in [1.165, 1.54) is 25.7 Å². The van der Waals surface area contributed by atoms with Crippen LogP contribution < -0.4 is 10.6 Å². The third-order valence-corrected chi connectivity index (χ3v) is 3.91. The molecule has 2 rings (SSSR count). The van der Waals surface area contributed by atoms with Crippen molar-refractivity contribution >= 4 is 11.8 Å². The van der Waals surface area contributed by atoms with Gasteiger partial charge in [-0.25, -0.2) is 0 Å². The van der Waals surface area contributed by atoms with Gasteiger partial charge in [0.2, 0.25) is 11.8 Å². The van der Waals surface area contributed by atoms with E-state index in [1.54, 1.807) is 6.08 Å². The average Bonchev–Trinajstić information content (AvgIpc) is 2.33. The van der Waals surface area contributed by atoms with E-state index in [9.17, 15) is 9.59 Å². The van der Waals surface area contributed by atoms with E-state index in [0.29, 0.717) is 24.8 Å². The molecule has 0 radical (unpaired) electrons. The third-order valence-electron chi connectivity index (χ3n) is 3.91. The first-order valence-corrected chi connectivity index (χ1v) is 7.00. The van der Waals surface area contributed by atoms with E-state index < -0.39 is 0 Å². The van der Waals surface area contributed by atoms with Crippen LogP contribution in [-0.2, 0) is 9.59 Å². The maximum Gasteiger partial charge on any atom is 0.245 e. The zero-order valence-corrected chi connectivity index (χ0v) is 11.0. The Bertz CT molecular complexity index is 363. The lowest BCUT2D eigenvalue weighted by molar-refractivity contribution is -0.123. The zero-order valence-electron chi connectivity index (χ0n) is 11.0. The van der Waals surface area contributed by atoms with E-state index >= 15 is 0 Å². The molecule has 2 atom stereocenters. The zero-order chi connectivity index (χ0) is 13.0. The summed E-state index contributed by atoms with van der Waals surface area (Å²) in [5.74, 6) is 0.672. The lowest BCUT2D eigenvalue weighted by atomic mass is 9.79. The molecule has 2 aliphatic rings. The van der Waals surface area contributed by atoms with E-state index in [4.69, 9.17) is 0 Å². The highest BCUT2D eigenvalue weighted by Crippen LogP contribution is 2.32.